The average Bonchev–Trinajstić information content (AvgIpc) is 3.16. The second kappa shape index (κ2) is 9.06. The third-order valence-corrected chi connectivity index (χ3v) is 4.47. The first-order valence-corrected chi connectivity index (χ1v) is 9.04. The lowest BCUT2D eigenvalue weighted by Gasteiger charge is -2.26. The first-order chi connectivity index (χ1) is 13.2. The summed E-state index contributed by atoms with van der Waals surface area (Å²) in [6.45, 7) is 4.33. The zero-order valence-electron chi connectivity index (χ0n) is 15.4. The van der Waals surface area contributed by atoms with Crippen LogP contribution in [-0.4, -0.2) is 37.2 Å². The van der Waals surface area contributed by atoms with Gasteiger partial charge in [-0.05, 0) is 36.4 Å². The number of nitriles is 1. The lowest BCUT2D eigenvalue weighted by Crippen LogP contribution is -2.40. The van der Waals surface area contributed by atoms with Crippen LogP contribution in [0.1, 0.15) is 18.9 Å². The maximum Gasteiger partial charge on any atom is 0.241 e. The Morgan fingerprint density at radius 3 is 2.67 bits per heavy atom. The van der Waals surface area contributed by atoms with Gasteiger partial charge in [0.15, 0.2) is 11.5 Å². The third kappa shape index (κ3) is 4.78. The van der Waals surface area contributed by atoms with Crippen molar-refractivity contribution in [1.29, 1.82) is 5.26 Å². The topological polar surface area (TPSA) is 65.8 Å². The van der Waals surface area contributed by atoms with Crippen LogP contribution < -0.4 is 14.4 Å². The molecule has 0 bridgehead atoms. The molecule has 0 N–H and O–H groups in total. The summed E-state index contributed by atoms with van der Waals surface area (Å²) in [5.41, 5.74) is 1.88. The van der Waals surface area contributed by atoms with Crippen LogP contribution in [0.2, 0.25) is 0 Å². The van der Waals surface area contributed by atoms with Gasteiger partial charge in [-0.2, -0.15) is 5.26 Å². The summed E-state index contributed by atoms with van der Waals surface area (Å²) in [5, 5.41) is 8.92. The van der Waals surface area contributed by atoms with Crippen molar-refractivity contribution >= 4 is 11.6 Å². The molecule has 1 aliphatic heterocycles. The van der Waals surface area contributed by atoms with Crippen molar-refractivity contribution in [2.45, 2.75) is 19.9 Å². The molecule has 0 aromatic heterocycles. The van der Waals surface area contributed by atoms with E-state index in [-0.39, 0.29) is 19.2 Å². The van der Waals surface area contributed by atoms with Crippen molar-refractivity contribution in [3.05, 3.63) is 54.1 Å². The molecular weight excluding hydrogens is 342 g/mol. The largest absolute Gasteiger partial charge is 0.454 e. The van der Waals surface area contributed by atoms with Gasteiger partial charge < -0.3 is 14.4 Å². The number of carbonyl (C=O) groups is 1. The van der Waals surface area contributed by atoms with Crippen LogP contribution in [0.25, 0.3) is 0 Å². The monoisotopic (exact) mass is 365 g/mol. The van der Waals surface area contributed by atoms with Gasteiger partial charge in [-0.25, -0.2) is 0 Å². The molecular formula is C21H23N3O3. The molecule has 2 aromatic carbocycles. The normalized spacial score (nSPS) is 12.0. The van der Waals surface area contributed by atoms with Crippen molar-refractivity contribution in [3.8, 4) is 17.6 Å². The number of fused-ring (bicyclic) bond motifs is 1. The Hall–Kier alpha value is -3.04. The predicted molar refractivity (Wildman–Crippen MR) is 103 cm³/mol. The molecule has 0 atom stereocenters. The Labute approximate surface area is 159 Å². The zero-order valence-corrected chi connectivity index (χ0v) is 15.4. The molecule has 1 heterocycles. The van der Waals surface area contributed by atoms with Gasteiger partial charge >= 0.3 is 0 Å². The van der Waals surface area contributed by atoms with Gasteiger partial charge in [0, 0.05) is 18.8 Å². The minimum atomic E-state index is -0.0148. The van der Waals surface area contributed by atoms with Gasteiger partial charge in [0.05, 0.1) is 19.0 Å². The Balaban J connectivity index is 1.68. The molecule has 0 saturated carbocycles. The minimum absolute atomic E-state index is 0.0148. The minimum Gasteiger partial charge on any atom is -0.454 e. The van der Waals surface area contributed by atoms with Crippen LogP contribution in [0.3, 0.4) is 0 Å². The van der Waals surface area contributed by atoms with Gasteiger partial charge in [0.25, 0.3) is 0 Å². The van der Waals surface area contributed by atoms with Crippen LogP contribution >= 0.6 is 0 Å². The van der Waals surface area contributed by atoms with E-state index in [1.807, 2.05) is 55.5 Å². The highest BCUT2D eigenvalue weighted by Crippen LogP contribution is 2.32. The molecule has 1 amide bonds. The number of anilines is 1. The van der Waals surface area contributed by atoms with E-state index in [0.29, 0.717) is 19.5 Å². The number of ether oxygens (including phenoxy) is 2. The smallest absolute Gasteiger partial charge is 0.241 e. The molecule has 0 radical (unpaired) electrons. The number of hydrogen-bond donors (Lipinski definition) is 0. The van der Waals surface area contributed by atoms with Crippen molar-refractivity contribution in [2.24, 2.45) is 0 Å². The Kier molecular flexibility index (Phi) is 6.29. The number of likely N-dealkylation sites (N-methyl/N-ethyl adjacent to an activating group) is 1. The number of nitrogens with zero attached hydrogens (tertiary/aromatic N) is 3. The highest BCUT2D eigenvalue weighted by atomic mass is 16.7. The second-order valence-electron chi connectivity index (χ2n) is 6.28. The molecule has 27 heavy (non-hydrogen) atoms. The fourth-order valence-corrected chi connectivity index (χ4v) is 3.02. The number of hydrogen-bond acceptors (Lipinski definition) is 5. The molecule has 6 nitrogen and oxygen atoms in total. The lowest BCUT2D eigenvalue weighted by molar-refractivity contribution is -0.119. The number of para-hydroxylation sites is 1. The summed E-state index contributed by atoms with van der Waals surface area (Å²) < 4.78 is 10.8. The number of carbonyl (C=O) groups excluding carboxylic acids is 1. The van der Waals surface area contributed by atoms with Gasteiger partial charge in [-0.3, -0.25) is 9.69 Å². The van der Waals surface area contributed by atoms with Gasteiger partial charge in [-0.1, -0.05) is 31.2 Å². The van der Waals surface area contributed by atoms with Crippen molar-refractivity contribution in [1.82, 2.24) is 4.90 Å². The number of rotatable bonds is 8. The maximum atomic E-state index is 12.9. The zero-order chi connectivity index (χ0) is 19.1. The first-order valence-electron chi connectivity index (χ1n) is 9.04. The molecule has 0 unspecified atom stereocenters. The highest BCUT2D eigenvalue weighted by Gasteiger charge is 2.19. The first kappa shape index (κ1) is 18.7. The number of amides is 1. The van der Waals surface area contributed by atoms with Crippen molar-refractivity contribution in [3.63, 3.8) is 0 Å². The Morgan fingerprint density at radius 2 is 1.93 bits per heavy atom. The van der Waals surface area contributed by atoms with E-state index in [0.717, 1.165) is 29.3 Å². The molecule has 6 heteroatoms. The predicted octanol–water partition coefficient (Wildman–Crippen LogP) is 3.18. The van der Waals surface area contributed by atoms with E-state index in [2.05, 4.69) is 11.0 Å². The molecule has 0 spiro atoms. The van der Waals surface area contributed by atoms with Crippen LogP contribution in [0, 0.1) is 11.3 Å². The maximum absolute atomic E-state index is 12.9. The highest BCUT2D eigenvalue weighted by molar-refractivity contribution is 5.94. The Bertz CT molecular complexity index is 817. The van der Waals surface area contributed by atoms with Crippen LogP contribution in [0.5, 0.6) is 11.5 Å². The molecule has 2 aromatic rings. The van der Waals surface area contributed by atoms with Crippen LogP contribution in [-0.2, 0) is 11.3 Å². The number of benzene rings is 2. The quantitative estimate of drug-likeness (QED) is 0.719. The third-order valence-electron chi connectivity index (χ3n) is 4.47. The van der Waals surface area contributed by atoms with Gasteiger partial charge in [0.2, 0.25) is 12.7 Å². The summed E-state index contributed by atoms with van der Waals surface area (Å²) in [6, 6.07) is 17.5. The van der Waals surface area contributed by atoms with E-state index < -0.39 is 0 Å². The summed E-state index contributed by atoms with van der Waals surface area (Å²) >= 11 is 0. The van der Waals surface area contributed by atoms with Gasteiger partial charge in [0.1, 0.15) is 0 Å². The molecule has 1 aliphatic rings. The molecule has 0 aliphatic carbocycles. The Morgan fingerprint density at radius 1 is 1.15 bits per heavy atom. The van der Waals surface area contributed by atoms with E-state index in [4.69, 9.17) is 14.7 Å². The average molecular weight is 365 g/mol. The molecule has 140 valence electrons. The summed E-state index contributed by atoms with van der Waals surface area (Å²) in [4.78, 5) is 16.7. The summed E-state index contributed by atoms with van der Waals surface area (Å²) in [5.74, 6) is 1.48. The van der Waals surface area contributed by atoms with Crippen LogP contribution in [0.4, 0.5) is 5.69 Å². The molecule has 0 fully saturated rings. The van der Waals surface area contributed by atoms with Crippen LogP contribution in [0.15, 0.2) is 48.5 Å². The second-order valence-corrected chi connectivity index (χ2v) is 6.28. The fraction of sp³-hybridized carbons (Fsp3) is 0.333. The van der Waals surface area contributed by atoms with E-state index in [9.17, 15) is 4.79 Å². The lowest BCUT2D eigenvalue weighted by atomic mass is 10.2. The standard InChI is InChI=1S/C21H23N3O3/c1-2-23(14-17-9-10-19-20(13-17)27-16-26-19)15-21(25)24(12-6-11-22)18-7-4-3-5-8-18/h3-5,7-10,13H,2,6,12,14-16H2,1H3. The van der Waals surface area contributed by atoms with Gasteiger partial charge in [-0.15, -0.1) is 0 Å². The van der Waals surface area contributed by atoms with E-state index >= 15 is 0 Å². The fourth-order valence-electron chi connectivity index (χ4n) is 3.02. The summed E-state index contributed by atoms with van der Waals surface area (Å²) in [7, 11) is 0. The molecule has 0 saturated heterocycles. The van der Waals surface area contributed by atoms with E-state index in [1.54, 1.807) is 4.90 Å². The van der Waals surface area contributed by atoms with Crippen molar-refractivity contribution < 1.29 is 14.3 Å². The molecule has 3 rings (SSSR count). The SMILES string of the molecule is CCN(CC(=O)N(CCC#N)c1ccccc1)Cc1ccc2c(c1)OCO2. The van der Waals surface area contributed by atoms with Crippen molar-refractivity contribution in [2.75, 3.05) is 31.3 Å². The summed E-state index contributed by atoms with van der Waals surface area (Å²) in [6.07, 6.45) is 0.301. The van der Waals surface area contributed by atoms with E-state index in [1.165, 1.54) is 0 Å².